The molecule has 0 aliphatic carbocycles. The first-order valence-corrected chi connectivity index (χ1v) is 5.70. The van der Waals surface area contributed by atoms with Gasteiger partial charge in [0.25, 0.3) is 0 Å². The van der Waals surface area contributed by atoms with Crippen molar-refractivity contribution in [2.75, 3.05) is 11.9 Å². The first-order valence-electron chi connectivity index (χ1n) is 5.32. The Morgan fingerprint density at radius 3 is 3.12 bits per heavy atom. The van der Waals surface area contributed by atoms with E-state index < -0.39 is 0 Å². The number of aromatic nitrogens is 1. The number of hydrogen-bond acceptors (Lipinski definition) is 3. The van der Waals surface area contributed by atoms with Gasteiger partial charge in [0.05, 0.1) is 6.04 Å². The SMILES string of the molecule is CC1CCNC1C(=O)Nc1ccnc(Cl)c1. The van der Waals surface area contributed by atoms with Crippen LogP contribution in [-0.2, 0) is 4.79 Å². The molecule has 2 atom stereocenters. The van der Waals surface area contributed by atoms with Crippen LogP contribution in [-0.4, -0.2) is 23.5 Å². The third-order valence-corrected chi connectivity index (χ3v) is 3.02. The minimum atomic E-state index is -0.105. The second kappa shape index (κ2) is 4.80. The number of amides is 1. The fourth-order valence-corrected chi connectivity index (χ4v) is 2.06. The predicted molar refractivity (Wildman–Crippen MR) is 63.4 cm³/mol. The van der Waals surface area contributed by atoms with Gasteiger partial charge in [-0.15, -0.1) is 0 Å². The van der Waals surface area contributed by atoms with E-state index in [9.17, 15) is 4.79 Å². The molecule has 1 aliphatic rings. The summed E-state index contributed by atoms with van der Waals surface area (Å²) in [5, 5.41) is 6.39. The number of pyridine rings is 1. The maximum absolute atomic E-state index is 11.9. The van der Waals surface area contributed by atoms with Gasteiger partial charge < -0.3 is 10.6 Å². The molecule has 1 aliphatic heterocycles. The second-order valence-electron chi connectivity index (χ2n) is 4.05. The summed E-state index contributed by atoms with van der Waals surface area (Å²) >= 11 is 5.74. The van der Waals surface area contributed by atoms with E-state index in [1.165, 1.54) is 0 Å². The molecule has 2 unspecified atom stereocenters. The highest BCUT2D eigenvalue weighted by Gasteiger charge is 2.29. The Hall–Kier alpha value is -1.13. The molecule has 2 N–H and O–H groups in total. The molecule has 4 nitrogen and oxygen atoms in total. The molecule has 0 saturated carbocycles. The fraction of sp³-hybridized carbons (Fsp3) is 0.455. The molecule has 1 aromatic heterocycles. The van der Waals surface area contributed by atoms with Crippen molar-refractivity contribution < 1.29 is 4.79 Å². The molecule has 0 bridgehead atoms. The number of hydrogen-bond donors (Lipinski definition) is 2. The van der Waals surface area contributed by atoms with Crippen LogP contribution in [0, 0.1) is 5.92 Å². The molecule has 1 amide bonds. The van der Waals surface area contributed by atoms with E-state index in [2.05, 4.69) is 22.5 Å². The molecule has 2 heterocycles. The molecule has 0 radical (unpaired) electrons. The lowest BCUT2D eigenvalue weighted by Gasteiger charge is -2.15. The van der Waals surface area contributed by atoms with Crippen LogP contribution in [0.4, 0.5) is 5.69 Å². The van der Waals surface area contributed by atoms with Crippen LogP contribution in [0.5, 0.6) is 0 Å². The molecule has 1 saturated heterocycles. The maximum Gasteiger partial charge on any atom is 0.241 e. The lowest BCUT2D eigenvalue weighted by Crippen LogP contribution is -2.39. The number of rotatable bonds is 2. The van der Waals surface area contributed by atoms with Gasteiger partial charge in [-0.3, -0.25) is 4.79 Å². The topological polar surface area (TPSA) is 54.0 Å². The molecular weight excluding hydrogens is 226 g/mol. The molecule has 0 aromatic carbocycles. The first kappa shape index (κ1) is 11.4. The highest BCUT2D eigenvalue weighted by Crippen LogP contribution is 2.17. The average molecular weight is 240 g/mol. The minimum Gasteiger partial charge on any atom is -0.325 e. The Balaban J connectivity index is 2.02. The summed E-state index contributed by atoms with van der Waals surface area (Å²) in [6.07, 6.45) is 2.61. The summed E-state index contributed by atoms with van der Waals surface area (Å²) in [5.41, 5.74) is 0.686. The minimum absolute atomic E-state index is 0.00716. The average Bonchev–Trinajstić information content (AvgIpc) is 2.64. The summed E-state index contributed by atoms with van der Waals surface area (Å²) in [7, 11) is 0. The van der Waals surface area contributed by atoms with Crippen LogP contribution in [0.3, 0.4) is 0 Å². The smallest absolute Gasteiger partial charge is 0.241 e. The van der Waals surface area contributed by atoms with Gasteiger partial charge in [0, 0.05) is 11.9 Å². The molecule has 86 valence electrons. The zero-order valence-corrected chi connectivity index (χ0v) is 9.79. The third kappa shape index (κ3) is 2.51. The van der Waals surface area contributed by atoms with Crippen LogP contribution >= 0.6 is 11.6 Å². The Bertz CT molecular complexity index is 397. The summed E-state index contributed by atoms with van der Waals surface area (Å²) in [6, 6.07) is 3.26. The zero-order valence-electron chi connectivity index (χ0n) is 9.03. The summed E-state index contributed by atoms with van der Waals surface area (Å²) in [4.78, 5) is 15.8. The lowest BCUT2D eigenvalue weighted by atomic mass is 10.0. The van der Waals surface area contributed by atoms with E-state index in [0.717, 1.165) is 13.0 Å². The standard InChI is InChI=1S/C11H14ClN3O/c1-7-2-4-14-10(7)11(16)15-8-3-5-13-9(12)6-8/h3,5-7,10,14H,2,4H2,1H3,(H,13,15,16). The van der Waals surface area contributed by atoms with Gasteiger partial charge in [0.2, 0.25) is 5.91 Å². The molecule has 16 heavy (non-hydrogen) atoms. The highest BCUT2D eigenvalue weighted by atomic mass is 35.5. The number of nitrogens with one attached hydrogen (secondary N) is 2. The van der Waals surface area contributed by atoms with E-state index in [4.69, 9.17) is 11.6 Å². The number of carbonyl (C=O) groups excluding carboxylic acids is 1. The molecule has 2 rings (SSSR count). The van der Waals surface area contributed by atoms with Crippen molar-refractivity contribution >= 4 is 23.2 Å². The number of carbonyl (C=O) groups is 1. The van der Waals surface area contributed by atoms with E-state index in [1.807, 2.05) is 0 Å². The van der Waals surface area contributed by atoms with Crippen molar-refractivity contribution in [3.05, 3.63) is 23.5 Å². The van der Waals surface area contributed by atoms with Gasteiger partial charge in [-0.05, 0) is 31.0 Å². The van der Waals surface area contributed by atoms with Crippen LogP contribution in [0.15, 0.2) is 18.3 Å². The number of halogens is 1. The molecule has 1 fully saturated rings. The molecule has 0 spiro atoms. The predicted octanol–water partition coefficient (Wildman–Crippen LogP) is 1.67. The first-order chi connectivity index (χ1) is 7.66. The Morgan fingerprint density at radius 2 is 2.50 bits per heavy atom. The number of nitrogens with zero attached hydrogens (tertiary/aromatic N) is 1. The van der Waals surface area contributed by atoms with E-state index in [1.54, 1.807) is 18.3 Å². The highest BCUT2D eigenvalue weighted by molar-refractivity contribution is 6.29. The van der Waals surface area contributed by atoms with Crippen molar-refractivity contribution in [1.82, 2.24) is 10.3 Å². The summed E-state index contributed by atoms with van der Waals surface area (Å²) in [6.45, 7) is 2.97. The van der Waals surface area contributed by atoms with E-state index >= 15 is 0 Å². The van der Waals surface area contributed by atoms with Crippen molar-refractivity contribution in [2.24, 2.45) is 5.92 Å². The largest absolute Gasteiger partial charge is 0.325 e. The van der Waals surface area contributed by atoms with Gasteiger partial charge in [-0.1, -0.05) is 18.5 Å². The lowest BCUT2D eigenvalue weighted by molar-refractivity contribution is -0.118. The molecular formula is C11H14ClN3O. The van der Waals surface area contributed by atoms with Crippen molar-refractivity contribution in [2.45, 2.75) is 19.4 Å². The maximum atomic E-state index is 11.9. The molecule has 5 heteroatoms. The summed E-state index contributed by atoms with van der Waals surface area (Å²) in [5.74, 6) is 0.365. The van der Waals surface area contributed by atoms with Gasteiger partial charge in [0.15, 0.2) is 0 Å². The van der Waals surface area contributed by atoms with Crippen LogP contribution in [0.2, 0.25) is 5.15 Å². The molecule has 1 aromatic rings. The Kier molecular flexibility index (Phi) is 3.41. The third-order valence-electron chi connectivity index (χ3n) is 2.81. The Labute approximate surface area is 99.4 Å². The quantitative estimate of drug-likeness (QED) is 0.772. The van der Waals surface area contributed by atoms with Gasteiger partial charge in [0.1, 0.15) is 5.15 Å². The fourth-order valence-electron chi connectivity index (χ4n) is 1.89. The van der Waals surface area contributed by atoms with Crippen LogP contribution < -0.4 is 10.6 Å². The van der Waals surface area contributed by atoms with Crippen molar-refractivity contribution in [3.63, 3.8) is 0 Å². The number of anilines is 1. The summed E-state index contributed by atoms with van der Waals surface area (Å²) < 4.78 is 0. The monoisotopic (exact) mass is 239 g/mol. The Morgan fingerprint density at radius 1 is 1.69 bits per heavy atom. The van der Waals surface area contributed by atoms with Gasteiger partial charge >= 0.3 is 0 Å². The zero-order chi connectivity index (χ0) is 11.5. The van der Waals surface area contributed by atoms with Gasteiger partial charge in [-0.2, -0.15) is 0 Å². The second-order valence-corrected chi connectivity index (χ2v) is 4.44. The van der Waals surface area contributed by atoms with Gasteiger partial charge in [-0.25, -0.2) is 4.98 Å². The van der Waals surface area contributed by atoms with Crippen LogP contribution in [0.1, 0.15) is 13.3 Å². The van der Waals surface area contributed by atoms with E-state index in [0.29, 0.717) is 16.8 Å². The van der Waals surface area contributed by atoms with Crippen molar-refractivity contribution in [3.8, 4) is 0 Å². The normalized spacial score (nSPS) is 24.4. The van der Waals surface area contributed by atoms with Crippen LogP contribution in [0.25, 0.3) is 0 Å². The van der Waals surface area contributed by atoms with Crippen molar-refractivity contribution in [1.29, 1.82) is 0 Å². The van der Waals surface area contributed by atoms with E-state index in [-0.39, 0.29) is 11.9 Å².